The first kappa shape index (κ1) is 11.0. The standard InChI is InChI=1S/C11H18N2O/c1-9(2)12-8-11(14)13-10-6-4-3-5-7-10/h3-7,9,11-14H,8H2,1-2H3. The third kappa shape index (κ3) is 4.25. The Bertz CT molecular complexity index is 249. The molecule has 1 rings (SSSR count). The fourth-order valence-corrected chi connectivity index (χ4v) is 1.13. The average molecular weight is 194 g/mol. The molecule has 0 spiro atoms. The minimum atomic E-state index is -0.542. The Morgan fingerprint density at radius 3 is 2.43 bits per heavy atom. The fraction of sp³-hybridized carbons (Fsp3) is 0.455. The van der Waals surface area contributed by atoms with Crippen molar-refractivity contribution in [2.75, 3.05) is 11.9 Å². The second kappa shape index (κ2) is 5.62. The summed E-state index contributed by atoms with van der Waals surface area (Å²) < 4.78 is 0. The third-order valence-corrected chi connectivity index (χ3v) is 1.83. The summed E-state index contributed by atoms with van der Waals surface area (Å²) in [4.78, 5) is 0. The average Bonchev–Trinajstić information content (AvgIpc) is 2.16. The maximum Gasteiger partial charge on any atom is 0.137 e. The van der Waals surface area contributed by atoms with Gasteiger partial charge in [-0.25, -0.2) is 0 Å². The van der Waals surface area contributed by atoms with E-state index in [1.165, 1.54) is 0 Å². The van der Waals surface area contributed by atoms with E-state index in [-0.39, 0.29) is 0 Å². The maximum atomic E-state index is 9.58. The van der Waals surface area contributed by atoms with E-state index in [4.69, 9.17) is 0 Å². The molecule has 0 bridgehead atoms. The zero-order chi connectivity index (χ0) is 10.4. The molecule has 78 valence electrons. The summed E-state index contributed by atoms with van der Waals surface area (Å²) in [7, 11) is 0. The van der Waals surface area contributed by atoms with Gasteiger partial charge in [-0.05, 0) is 12.1 Å². The number of para-hydroxylation sites is 1. The predicted octanol–water partition coefficient (Wildman–Crippen LogP) is 1.41. The quantitative estimate of drug-likeness (QED) is 0.621. The molecule has 0 aromatic heterocycles. The predicted molar refractivity (Wildman–Crippen MR) is 59.2 cm³/mol. The maximum absolute atomic E-state index is 9.58. The number of aliphatic hydroxyl groups is 1. The van der Waals surface area contributed by atoms with Gasteiger partial charge >= 0.3 is 0 Å². The molecule has 1 atom stereocenters. The molecule has 3 heteroatoms. The van der Waals surface area contributed by atoms with E-state index in [1.807, 2.05) is 30.3 Å². The summed E-state index contributed by atoms with van der Waals surface area (Å²) in [6.45, 7) is 4.65. The molecule has 1 aromatic carbocycles. The highest BCUT2D eigenvalue weighted by Crippen LogP contribution is 2.05. The summed E-state index contributed by atoms with van der Waals surface area (Å²) >= 11 is 0. The number of aliphatic hydroxyl groups excluding tert-OH is 1. The van der Waals surface area contributed by atoms with Crippen molar-refractivity contribution in [3.63, 3.8) is 0 Å². The van der Waals surface area contributed by atoms with Crippen LogP contribution in [0.1, 0.15) is 13.8 Å². The van der Waals surface area contributed by atoms with Gasteiger partial charge < -0.3 is 15.7 Å². The summed E-state index contributed by atoms with van der Waals surface area (Å²) in [5.41, 5.74) is 0.936. The van der Waals surface area contributed by atoms with E-state index in [2.05, 4.69) is 24.5 Å². The van der Waals surface area contributed by atoms with E-state index in [0.717, 1.165) is 5.69 Å². The fourth-order valence-electron chi connectivity index (χ4n) is 1.13. The topological polar surface area (TPSA) is 44.3 Å². The Hall–Kier alpha value is -1.06. The van der Waals surface area contributed by atoms with Crippen molar-refractivity contribution in [1.29, 1.82) is 0 Å². The van der Waals surface area contributed by atoms with Crippen LogP contribution in [0.2, 0.25) is 0 Å². The molecule has 0 aliphatic heterocycles. The van der Waals surface area contributed by atoms with Crippen LogP contribution in [0.15, 0.2) is 30.3 Å². The van der Waals surface area contributed by atoms with Crippen LogP contribution in [0.5, 0.6) is 0 Å². The minimum absolute atomic E-state index is 0.391. The molecule has 0 amide bonds. The second-order valence-corrected chi connectivity index (χ2v) is 3.59. The molecule has 0 aliphatic rings. The van der Waals surface area contributed by atoms with Gasteiger partial charge in [0.25, 0.3) is 0 Å². The van der Waals surface area contributed by atoms with Crippen molar-refractivity contribution < 1.29 is 5.11 Å². The van der Waals surface area contributed by atoms with E-state index in [0.29, 0.717) is 12.6 Å². The van der Waals surface area contributed by atoms with Gasteiger partial charge in [0.15, 0.2) is 0 Å². The van der Waals surface area contributed by atoms with Crippen LogP contribution in [-0.2, 0) is 0 Å². The van der Waals surface area contributed by atoms with Crippen molar-refractivity contribution in [2.24, 2.45) is 0 Å². The van der Waals surface area contributed by atoms with Crippen molar-refractivity contribution in [3.8, 4) is 0 Å². The van der Waals surface area contributed by atoms with Gasteiger partial charge in [0, 0.05) is 18.3 Å². The van der Waals surface area contributed by atoms with E-state index >= 15 is 0 Å². The number of hydrogen-bond donors (Lipinski definition) is 3. The van der Waals surface area contributed by atoms with Gasteiger partial charge in [-0.2, -0.15) is 0 Å². The molecule has 3 nitrogen and oxygen atoms in total. The smallest absolute Gasteiger partial charge is 0.137 e. The van der Waals surface area contributed by atoms with E-state index < -0.39 is 6.23 Å². The first-order valence-electron chi connectivity index (χ1n) is 4.91. The molecule has 1 aromatic rings. The van der Waals surface area contributed by atoms with Crippen molar-refractivity contribution in [3.05, 3.63) is 30.3 Å². The van der Waals surface area contributed by atoms with Crippen molar-refractivity contribution >= 4 is 5.69 Å². The second-order valence-electron chi connectivity index (χ2n) is 3.59. The summed E-state index contributed by atoms with van der Waals surface area (Å²) in [5.74, 6) is 0. The lowest BCUT2D eigenvalue weighted by Gasteiger charge is -2.16. The van der Waals surface area contributed by atoms with Crippen molar-refractivity contribution in [1.82, 2.24) is 5.32 Å². The zero-order valence-corrected chi connectivity index (χ0v) is 8.70. The Balaban J connectivity index is 2.30. The zero-order valence-electron chi connectivity index (χ0n) is 8.70. The molecule has 0 heterocycles. The van der Waals surface area contributed by atoms with Crippen LogP contribution < -0.4 is 10.6 Å². The van der Waals surface area contributed by atoms with Crippen LogP contribution in [0.3, 0.4) is 0 Å². The van der Waals surface area contributed by atoms with Gasteiger partial charge in [-0.1, -0.05) is 32.0 Å². The van der Waals surface area contributed by atoms with Gasteiger partial charge in [-0.15, -0.1) is 0 Å². The molecular weight excluding hydrogens is 176 g/mol. The third-order valence-electron chi connectivity index (χ3n) is 1.83. The van der Waals surface area contributed by atoms with E-state index in [9.17, 15) is 5.11 Å². The number of benzene rings is 1. The molecular formula is C11H18N2O. The Morgan fingerprint density at radius 2 is 1.86 bits per heavy atom. The number of hydrogen-bond acceptors (Lipinski definition) is 3. The molecule has 0 saturated heterocycles. The monoisotopic (exact) mass is 194 g/mol. The SMILES string of the molecule is CC(C)NCC(O)Nc1ccccc1. The van der Waals surface area contributed by atoms with Crippen LogP contribution >= 0.6 is 0 Å². The lowest BCUT2D eigenvalue weighted by Crippen LogP contribution is -2.36. The molecule has 0 radical (unpaired) electrons. The normalized spacial score (nSPS) is 12.9. The highest BCUT2D eigenvalue weighted by Gasteiger charge is 2.03. The Morgan fingerprint density at radius 1 is 1.21 bits per heavy atom. The lowest BCUT2D eigenvalue weighted by atomic mass is 10.3. The van der Waals surface area contributed by atoms with E-state index in [1.54, 1.807) is 0 Å². The van der Waals surface area contributed by atoms with Crippen molar-refractivity contribution in [2.45, 2.75) is 26.1 Å². The molecule has 3 N–H and O–H groups in total. The van der Waals surface area contributed by atoms with Gasteiger partial charge in [0.05, 0.1) is 0 Å². The molecule has 0 aliphatic carbocycles. The molecule has 14 heavy (non-hydrogen) atoms. The molecule has 0 saturated carbocycles. The van der Waals surface area contributed by atoms with Crippen LogP contribution in [-0.4, -0.2) is 23.9 Å². The van der Waals surface area contributed by atoms with Crippen LogP contribution in [0, 0.1) is 0 Å². The van der Waals surface area contributed by atoms with Gasteiger partial charge in [0.1, 0.15) is 6.23 Å². The summed E-state index contributed by atoms with van der Waals surface area (Å²) in [5, 5.41) is 15.7. The summed E-state index contributed by atoms with van der Waals surface area (Å²) in [6.07, 6.45) is -0.542. The highest BCUT2D eigenvalue weighted by molar-refractivity contribution is 5.42. The first-order chi connectivity index (χ1) is 6.68. The highest BCUT2D eigenvalue weighted by atomic mass is 16.3. The number of anilines is 1. The Kier molecular flexibility index (Phi) is 4.43. The Labute approximate surface area is 85.2 Å². The van der Waals surface area contributed by atoms with Gasteiger partial charge in [0.2, 0.25) is 0 Å². The minimum Gasteiger partial charge on any atom is -0.372 e. The number of rotatable bonds is 5. The summed E-state index contributed by atoms with van der Waals surface area (Å²) in [6, 6.07) is 10.1. The lowest BCUT2D eigenvalue weighted by molar-refractivity contribution is 0.196. The first-order valence-corrected chi connectivity index (χ1v) is 4.91. The number of nitrogens with one attached hydrogen (secondary N) is 2. The van der Waals surface area contributed by atoms with Crippen LogP contribution in [0.25, 0.3) is 0 Å². The molecule has 0 fully saturated rings. The van der Waals surface area contributed by atoms with Crippen LogP contribution in [0.4, 0.5) is 5.69 Å². The van der Waals surface area contributed by atoms with Gasteiger partial charge in [-0.3, -0.25) is 0 Å². The largest absolute Gasteiger partial charge is 0.372 e. The molecule has 1 unspecified atom stereocenters.